The molecule has 0 aromatic heterocycles. The van der Waals surface area contributed by atoms with Crippen LogP contribution in [0.1, 0.15) is 30.0 Å². The zero-order valence-electron chi connectivity index (χ0n) is 14.0. The van der Waals surface area contributed by atoms with Crippen molar-refractivity contribution in [2.24, 2.45) is 16.9 Å². The first-order valence-electron chi connectivity index (χ1n) is 7.38. The summed E-state index contributed by atoms with van der Waals surface area (Å²) >= 11 is 0. The van der Waals surface area contributed by atoms with Gasteiger partial charge in [-0.25, -0.2) is 0 Å². The van der Waals surface area contributed by atoms with Crippen molar-refractivity contribution >= 4 is 28.4 Å². The molecule has 0 fully saturated rings. The van der Waals surface area contributed by atoms with E-state index in [1.165, 1.54) is 23.0 Å². The second-order valence-corrected chi connectivity index (χ2v) is 7.14. The molecule has 0 spiro atoms. The maximum absolute atomic E-state index is 12.1. The third-order valence-electron chi connectivity index (χ3n) is 3.62. The van der Waals surface area contributed by atoms with Crippen molar-refractivity contribution in [3.8, 4) is 0 Å². The summed E-state index contributed by atoms with van der Waals surface area (Å²) < 4.78 is 25.9. The van der Waals surface area contributed by atoms with Crippen molar-refractivity contribution in [2.45, 2.75) is 26.7 Å². The van der Waals surface area contributed by atoms with Crippen LogP contribution in [-0.4, -0.2) is 31.5 Å². The summed E-state index contributed by atoms with van der Waals surface area (Å²) in [5, 5.41) is 5.88. The molecular weight excluding hydrogens is 330 g/mol. The van der Waals surface area contributed by atoms with Crippen molar-refractivity contribution in [1.82, 2.24) is 5.32 Å². The van der Waals surface area contributed by atoms with E-state index < -0.39 is 10.1 Å². The highest BCUT2D eigenvalue weighted by atomic mass is 32.2. The van der Waals surface area contributed by atoms with Gasteiger partial charge in [-0.15, -0.1) is 0 Å². The average molecular weight is 353 g/mol. The Morgan fingerprint density at radius 1 is 1.46 bits per heavy atom. The smallest absolute Gasteiger partial charge is 0.261 e. The molecule has 1 unspecified atom stereocenters. The van der Waals surface area contributed by atoms with Crippen LogP contribution in [-0.2, 0) is 21.3 Å². The molecule has 8 heteroatoms. The van der Waals surface area contributed by atoms with Gasteiger partial charge in [0.25, 0.3) is 16.0 Å². The monoisotopic (exact) mass is 353 g/mol. The van der Waals surface area contributed by atoms with E-state index in [0.29, 0.717) is 6.26 Å². The van der Waals surface area contributed by atoms with Crippen LogP contribution in [0.5, 0.6) is 0 Å². The number of nitrogens with two attached hydrogens (primary N) is 1. The number of carbonyl (C=O) groups is 1. The molecule has 0 saturated heterocycles. The van der Waals surface area contributed by atoms with Crippen LogP contribution in [0.3, 0.4) is 0 Å². The molecule has 1 aliphatic rings. The number of amides is 1. The second kappa shape index (κ2) is 8.60. The third kappa shape index (κ3) is 6.51. The number of rotatable bonds is 2. The van der Waals surface area contributed by atoms with Gasteiger partial charge in [-0.1, -0.05) is 25.1 Å². The SMILES string of the molecule is CS(=O)(=O)O.Cc1cccc2c1C=C(C(=O)NC=NN)C(C)CC2. The number of carbonyl (C=O) groups excluding carboxylic acids is 1. The van der Waals surface area contributed by atoms with Crippen molar-refractivity contribution in [3.05, 3.63) is 40.5 Å². The first-order chi connectivity index (χ1) is 11.1. The summed E-state index contributed by atoms with van der Waals surface area (Å²) in [5.41, 5.74) is 4.46. The minimum absolute atomic E-state index is 0.127. The Morgan fingerprint density at radius 3 is 2.67 bits per heavy atom. The van der Waals surface area contributed by atoms with Gasteiger partial charge in [-0.2, -0.15) is 13.5 Å². The van der Waals surface area contributed by atoms with E-state index in [0.717, 1.165) is 18.4 Å². The number of nitrogens with one attached hydrogen (secondary N) is 1. The van der Waals surface area contributed by atoms with Gasteiger partial charge in [0, 0.05) is 5.57 Å². The molecule has 24 heavy (non-hydrogen) atoms. The molecule has 1 amide bonds. The number of nitrogens with zero attached hydrogens (tertiary/aromatic N) is 1. The minimum atomic E-state index is -3.67. The van der Waals surface area contributed by atoms with Crippen LogP contribution in [0, 0.1) is 12.8 Å². The van der Waals surface area contributed by atoms with Crippen LogP contribution < -0.4 is 11.2 Å². The summed E-state index contributed by atoms with van der Waals surface area (Å²) in [6.07, 6.45) is 5.90. The van der Waals surface area contributed by atoms with Crippen molar-refractivity contribution in [2.75, 3.05) is 6.26 Å². The predicted octanol–water partition coefficient (Wildman–Crippen LogP) is 1.48. The number of hydrogen-bond donors (Lipinski definition) is 3. The molecule has 1 aromatic carbocycles. The second-order valence-electron chi connectivity index (χ2n) is 5.67. The number of hydrogen-bond acceptors (Lipinski definition) is 5. The molecule has 0 bridgehead atoms. The molecule has 132 valence electrons. The lowest BCUT2D eigenvalue weighted by Gasteiger charge is -2.11. The fourth-order valence-corrected chi connectivity index (χ4v) is 2.46. The van der Waals surface area contributed by atoms with Crippen LogP contribution >= 0.6 is 0 Å². The van der Waals surface area contributed by atoms with E-state index in [4.69, 9.17) is 10.4 Å². The van der Waals surface area contributed by atoms with E-state index in [1.807, 2.05) is 6.08 Å². The zero-order chi connectivity index (χ0) is 18.3. The van der Waals surface area contributed by atoms with Gasteiger partial charge < -0.3 is 11.2 Å². The molecule has 4 N–H and O–H groups in total. The molecule has 1 aromatic rings. The van der Waals surface area contributed by atoms with Gasteiger partial charge in [-0.05, 0) is 48.4 Å². The molecular formula is C16H23N3O4S. The molecule has 1 aliphatic carbocycles. The van der Waals surface area contributed by atoms with Crippen molar-refractivity contribution in [3.63, 3.8) is 0 Å². The number of hydrazone groups is 1. The lowest BCUT2D eigenvalue weighted by Crippen LogP contribution is -2.26. The summed E-state index contributed by atoms with van der Waals surface area (Å²) in [6.45, 7) is 4.15. The summed E-state index contributed by atoms with van der Waals surface area (Å²) in [7, 11) is -3.67. The van der Waals surface area contributed by atoms with Crippen LogP contribution in [0.25, 0.3) is 6.08 Å². The van der Waals surface area contributed by atoms with E-state index in [1.54, 1.807) is 0 Å². The number of fused-ring (bicyclic) bond motifs is 1. The molecule has 7 nitrogen and oxygen atoms in total. The highest BCUT2D eigenvalue weighted by Crippen LogP contribution is 2.29. The topological polar surface area (TPSA) is 122 Å². The standard InChI is InChI=1S/C15H19N3O.CH4O3S/c1-10-4-3-5-12-7-6-11(2)14(8-13(10)12)15(19)17-9-18-16;1-5(2,3)4/h3-5,8-9,11H,6-7,16H2,1-2H3,(H,17,18,19);1H3,(H,2,3,4). The van der Waals surface area contributed by atoms with E-state index in [-0.39, 0.29) is 11.8 Å². The molecule has 2 rings (SSSR count). The van der Waals surface area contributed by atoms with Gasteiger partial charge in [0.1, 0.15) is 6.34 Å². The fourth-order valence-electron chi connectivity index (χ4n) is 2.46. The van der Waals surface area contributed by atoms with Gasteiger partial charge in [0.2, 0.25) is 0 Å². The Kier molecular flexibility index (Phi) is 7.12. The van der Waals surface area contributed by atoms with Crippen LogP contribution in [0.4, 0.5) is 0 Å². The largest absolute Gasteiger partial charge is 0.322 e. The van der Waals surface area contributed by atoms with E-state index >= 15 is 0 Å². The Bertz CT molecular complexity index is 747. The third-order valence-corrected chi connectivity index (χ3v) is 3.62. The van der Waals surface area contributed by atoms with Gasteiger partial charge in [-0.3, -0.25) is 9.35 Å². The lowest BCUT2D eigenvalue weighted by atomic mass is 9.96. The average Bonchev–Trinajstić information content (AvgIpc) is 2.64. The first kappa shape index (κ1) is 19.9. The summed E-state index contributed by atoms with van der Waals surface area (Å²) in [4.78, 5) is 12.1. The quantitative estimate of drug-likeness (QED) is 0.244. The Labute approximate surface area is 142 Å². The molecule has 0 aliphatic heterocycles. The van der Waals surface area contributed by atoms with Crippen LogP contribution in [0.2, 0.25) is 0 Å². The highest BCUT2D eigenvalue weighted by molar-refractivity contribution is 7.85. The predicted molar refractivity (Wildman–Crippen MR) is 94.9 cm³/mol. The van der Waals surface area contributed by atoms with Gasteiger partial charge in [0.05, 0.1) is 6.26 Å². The highest BCUT2D eigenvalue weighted by Gasteiger charge is 2.21. The molecule has 0 saturated carbocycles. The summed E-state index contributed by atoms with van der Waals surface area (Å²) in [6, 6.07) is 6.27. The fraction of sp³-hybridized carbons (Fsp3) is 0.375. The van der Waals surface area contributed by atoms with Crippen molar-refractivity contribution in [1.29, 1.82) is 0 Å². The van der Waals surface area contributed by atoms with E-state index in [9.17, 15) is 13.2 Å². The van der Waals surface area contributed by atoms with Crippen molar-refractivity contribution < 1.29 is 17.8 Å². The Balaban J connectivity index is 0.000000505. The maximum atomic E-state index is 12.1. The van der Waals surface area contributed by atoms with Gasteiger partial charge >= 0.3 is 0 Å². The minimum Gasteiger partial charge on any atom is -0.322 e. The maximum Gasteiger partial charge on any atom is 0.261 e. The number of benzene rings is 1. The first-order valence-corrected chi connectivity index (χ1v) is 9.23. The normalized spacial score (nSPS) is 17.2. The molecule has 1 atom stereocenters. The zero-order valence-corrected chi connectivity index (χ0v) is 14.8. The Hall–Kier alpha value is -2.19. The van der Waals surface area contributed by atoms with E-state index in [2.05, 4.69) is 42.5 Å². The van der Waals surface area contributed by atoms with Crippen LogP contribution in [0.15, 0.2) is 28.9 Å². The lowest BCUT2D eigenvalue weighted by molar-refractivity contribution is -0.116. The Morgan fingerprint density at radius 2 is 2.08 bits per heavy atom. The number of aryl methyl sites for hydroxylation is 2. The molecule has 0 heterocycles. The molecule has 0 radical (unpaired) electrons. The van der Waals surface area contributed by atoms with Gasteiger partial charge in [0.15, 0.2) is 0 Å². The summed E-state index contributed by atoms with van der Waals surface area (Å²) in [5.74, 6) is 5.10.